The summed E-state index contributed by atoms with van der Waals surface area (Å²) in [5, 5.41) is 16.9. The van der Waals surface area contributed by atoms with Gasteiger partial charge in [-0.3, -0.25) is 0 Å². The smallest absolute Gasteiger partial charge is 0.276 e. The third kappa shape index (κ3) is 4.64. The van der Waals surface area contributed by atoms with E-state index in [-0.39, 0.29) is 0 Å². The predicted molar refractivity (Wildman–Crippen MR) is 61.8 cm³/mol. The van der Waals surface area contributed by atoms with E-state index in [1.807, 2.05) is 0 Å². The maximum Gasteiger partial charge on any atom is 0.276 e. The van der Waals surface area contributed by atoms with Crippen molar-refractivity contribution in [2.75, 3.05) is 5.75 Å². The van der Waals surface area contributed by atoms with E-state index in [0.717, 1.165) is 18.6 Å². The Balaban J connectivity index is 2.11. The number of rotatable bonds is 6. The monoisotopic (exact) mass is 240 g/mol. The van der Waals surface area contributed by atoms with Crippen LogP contribution >= 0.6 is 11.8 Å². The number of aromatic nitrogens is 2. The highest BCUT2D eigenvalue weighted by Gasteiger charge is 2.15. The highest BCUT2D eigenvalue weighted by Crippen LogP contribution is 2.18. The SMILES string of the molecule is Cc1nnc(SCCCCC(C)(N)C#N)o1. The highest BCUT2D eigenvalue weighted by atomic mass is 32.2. The molecule has 6 heteroatoms. The van der Waals surface area contributed by atoms with Gasteiger partial charge in [-0.25, -0.2) is 0 Å². The van der Waals surface area contributed by atoms with Gasteiger partial charge in [0.15, 0.2) is 0 Å². The molecule has 16 heavy (non-hydrogen) atoms. The van der Waals surface area contributed by atoms with Crippen LogP contribution in [0.25, 0.3) is 0 Å². The van der Waals surface area contributed by atoms with E-state index in [1.165, 1.54) is 11.8 Å². The summed E-state index contributed by atoms with van der Waals surface area (Å²) in [6, 6.07) is 2.08. The van der Waals surface area contributed by atoms with Crippen LogP contribution in [0.5, 0.6) is 0 Å². The van der Waals surface area contributed by atoms with Crippen LogP contribution in [0.3, 0.4) is 0 Å². The lowest BCUT2D eigenvalue weighted by Crippen LogP contribution is -2.33. The Bertz CT molecular complexity index is 369. The Morgan fingerprint density at radius 1 is 1.50 bits per heavy atom. The van der Waals surface area contributed by atoms with Crippen molar-refractivity contribution in [2.24, 2.45) is 5.73 Å². The maximum absolute atomic E-state index is 8.72. The minimum absolute atomic E-state index is 0.585. The number of unbranched alkanes of at least 4 members (excludes halogenated alkanes) is 1. The summed E-state index contributed by atoms with van der Waals surface area (Å²) in [6.45, 7) is 3.52. The molecular formula is C10H16N4OS. The molecule has 0 aromatic carbocycles. The third-order valence-electron chi connectivity index (χ3n) is 2.08. The number of thioether (sulfide) groups is 1. The summed E-state index contributed by atoms with van der Waals surface area (Å²) in [5.41, 5.74) is 5.00. The van der Waals surface area contributed by atoms with Gasteiger partial charge in [-0.05, 0) is 26.2 Å². The average molecular weight is 240 g/mol. The fourth-order valence-electron chi connectivity index (χ4n) is 1.15. The summed E-state index contributed by atoms with van der Waals surface area (Å²) in [5.74, 6) is 1.49. The lowest BCUT2D eigenvalue weighted by atomic mass is 9.99. The Kier molecular flexibility index (Phi) is 4.77. The first kappa shape index (κ1) is 13.0. The van der Waals surface area contributed by atoms with Crippen molar-refractivity contribution in [2.45, 2.75) is 43.9 Å². The Morgan fingerprint density at radius 2 is 2.25 bits per heavy atom. The second-order valence-electron chi connectivity index (χ2n) is 3.92. The van der Waals surface area contributed by atoms with Crippen molar-refractivity contribution in [1.82, 2.24) is 10.2 Å². The Hall–Kier alpha value is -1.06. The van der Waals surface area contributed by atoms with E-state index in [0.29, 0.717) is 17.5 Å². The molecule has 0 saturated carbocycles. The minimum atomic E-state index is -0.703. The summed E-state index contributed by atoms with van der Waals surface area (Å²) < 4.78 is 5.22. The first-order valence-electron chi connectivity index (χ1n) is 5.16. The van der Waals surface area contributed by atoms with Crippen molar-refractivity contribution < 1.29 is 4.42 Å². The number of nitriles is 1. The summed E-state index contributed by atoms with van der Waals surface area (Å²) >= 11 is 1.54. The van der Waals surface area contributed by atoms with Gasteiger partial charge >= 0.3 is 0 Å². The number of hydrogen-bond acceptors (Lipinski definition) is 6. The molecule has 1 unspecified atom stereocenters. The molecular weight excluding hydrogens is 224 g/mol. The zero-order chi connectivity index (χ0) is 12.0. The summed E-state index contributed by atoms with van der Waals surface area (Å²) in [7, 11) is 0. The predicted octanol–water partition coefficient (Wildman–Crippen LogP) is 1.88. The van der Waals surface area contributed by atoms with Crippen LogP contribution < -0.4 is 5.73 Å². The van der Waals surface area contributed by atoms with E-state index < -0.39 is 5.54 Å². The molecule has 1 heterocycles. The molecule has 1 atom stereocenters. The lowest BCUT2D eigenvalue weighted by molar-refractivity contribution is 0.429. The van der Waals surface area contributed by atoms with Crippen molar-refractivity contribution in [3.63, 3.8) is 0 Å². The number of hydrogen-bond donors (Lipinski definition) is 1. The van der Waals surface area contributed by atoms with Crippen molar-refractivity contribution in [1.29, 1.82) is 5.26 Å². The van der Waals surface area contributed by atoms with Crippen molar-refractivity contribution >= 4 is 11.8 Å². The quantitative estimate of drug-likeness (QED) is 0.603. The van der Waals surface area contributed by atoms with Gasteiger partial charge in [0.25, 0.3) is 5.22 Å². The Labute approximate surface area is 99.4 Å². The van der Waals surface area contributed by atoms with Crippen LogP contribution in [0.4, 0.5) is 0 Å². The molecule has 0 amide bonds. The molecule has 5 nitrogen and oxygen atoms in total. The first-order chi connectivity index (χ1) is 7.53. The van der Waals surface area contributed by atoms with E-state index >= 15 is 0 Å². The largest absolute Gasteiger partial charge is 0.416 e. The van der Waals surface area contributed by atoms with Crippen LogP contribution in [-0.2, 0) is 0 Å². The number of nitrogens with zero attached hydrogens (tertiary/aromatic N) is 3. The summed E-state index contributed by atoms with van der Waals surface area (Å²) in [6.07, 6.45) is 2.63. The molecule has 0 radical (unpaired) electrons. The number of aryl methyl sites for hydroxylation is 1. The van der Waals surface area contributed by atoms with Gasteiger partial charge in [0, 0.05) is 12.7 Å². The van der Waals surface area contributed by atoms with Crippen LogP contribution in [-0.4, -0.2) is 21.5 Å². The molecule has 1 aromatic heterocycles. The molecule has 0 aliphatic rings. The molecule has 0 saturated heterocycles. The topological polar surface area (TPSA) is 88.7 Å². The molecule has 0 fully saturated rings. The van der Waals surface area contributed by atoms with E-state index in [9.17, 15) is 0 Å². The molecule has 88 valence electrons. The van der Waals surface area contributed by atoms with Gasteiger partial charge < -0.3 is 10.2 Å². The molecule has 1 rings (SSSR count). The molecule has 0 spiro atoms. The fraction of sp³-hybridized carbons (Fsp3) is 0.700. The highest BCUT2D eigenvalue weighted by molar-refractivity contribution is 7.99. The lowest BCUT2D eigenvalue weighted by Gasteiger charge is -2.13. The average Bonchev–Trinajstić information content (AvgIpc) is 2.64. The van der Waals surface area contributed by atoms with E-state index in [2.05, 4.69) is 16.3 Å². The zero-order valence-corrected chi connectivity index (χ0v) is 10.4. The van der Waals surface area contributed by atoms with Crippen LogP contribution in [0, 0.1) is 18.3 Å². The molecule has 0 bridgehead atoms. The van der Waals surface area contributed by atoms with Crippen LogP contribution in [0.15, 0.2) is 9.64 Å². The second-order valence-corrected chi connectivity index (χ2v) is 4.97. The van der Waals surface area contributed by atoms with Gasteiger partial charge in [-0.15, -0.1) is 10.2 Å². The van der Waals surface area contributed by atoms with Crippen LogP contribution in [0.2, 0.25) is 0 Å². The van der Waals surface area contributed by atoms with Gasteiger partial charge in [-0.2, -0.15) is 5.26 Å². The van der Waals surface area contributed by atoms with E-state index in [4.69, 9.17) is 15.4 Å². The molecule has 0 aliphatic heterocycles. The molecule has 2 N–H and O–H groups in total. The normalized spacial score (nSPS) is 14.4. The van der Waals surface area contributed by atoms with Gasteiger partial charge in [-0.1, -0.05) is 11.8 Å². The maximum atomic E-state index is 8.72. The van der Waals surface area contributed by atoms with Crippen LogP contribution in [0.1, 0.15) is 32.1 Å². The summed E-state index contributed by atoms with van der Waals surface area (Å²) in [4.78, 5) is 0. The Morgan fingerprint density at radius 3 is 2.81 bits per heavy atom. The van der Waals surface area contributed by atoms with Gasteiger partial charge in [0.2, 0.25) is 5.89 Å². The standard InChI is InChI=1S/C10H16N4OS/c1-8-13-14-9(15-8)16-6-4-3-5-10(2,12)7-11/h3-6,12H2,1-2H3. The molecule has 1 aromatic rings. The number of nitrogens with two attached hydrogens (primary N) is 1. The van der Waals surface area contributed by atoms with Gasteiger partial charge in [0.05, 0.1) is 6.07 Å². The van der Waals surface area contributed by atoms with Gasteiger partial charge in [0.1, 0.15) is 5.54 Å². The zero-order valence-electron chi connectivity index (χ0n) is 9.56. The van der Waals surface area contributed by atoms with E-state index in [1.54, 1.807) is 13.8 Å². The molecule has 0 aliphatic carbocycles. The van der Waals surface area contributed by atoms with Crippen molar-refractivity contribution in [3.05, 3.63) is 5.89 Å². The third-order valence-corrected chi connectivity index (χ3v) is 2.98. The fourth-order valence-corrected chi connectivity index (χ4v) is 1.95. The minimum Gasteiger partial charge on any atom is -0.416 e. The second kappa shape index (κ2) is 5.87. The first-order valence-corrected chi connectivity index (χ1v) is 6.15. The van der Waals surface area contributed by atoms with Crippen molar-refractivity contribution in [3.8, 4) is 6.07 Å².